The first-order chi connectivity index (χ1) is 12.1. The van der Waals surface area contributed by atoms with Crippen LogP contribution in [-0.4, -0.2) is 28.6 Å². The zero-order valence-electron chi connectivity index (χ0n) is 17.8. The summed E-state index contributed by atoms with van der Waals surface area (Å²) in [6, 6.07) is 1.34. The van der Waals surface area contributed by atoms with Gasteiger partial charge in [0.1, 0.15) is 0 Å². The van der Waals surface area contributed by atoms with Gasteiger partial charge in [-0.2, -0.15) is 0 Å². The van der Waals surface area contributed by atoms with E-state index in [2.05, 4.69) is 39.3 Å². The molecule has 2 fully saturated rings. The molecule has 0 saturated heterocycles. The Hall–Kier alpha value is 1.65. The minimum absolute atomic E-state index is 0.556. The molecule has 0 radical (unpaired) electrons. The Morgan fingerprint density at radius 3 is 1.31 bits per heavy atom. The quantitative estimate of drug-likeness (QED) is 0.349. The Kier molecular flexibility index (Phi) is 12.2. The summed E-state index contributed by atoms with van der Waals surface area (Å²) in [5.74, 6) is 1.72. The second-order valence-corrected chi connectivity index (χ2v) is 21.9. The van der Waals surface area contributed by atoms with Crippen LogP contribution in [0.15, 0.2) is 0 Å². The summed E-state index contributed by atoms with van der Waals surface area (Å²) in [6.07, 6.45) is 12.7. The van der Waals surface area contributed by atoms with Gasteiger partial charge in [-0.25, -0.2) is 0 Å². The van der Waals surface area contributed by atoms with Crippen LogP contribution in [-0.2, 0) is 17.0 Å². The van der Waals surface area contributed by atoms with Gasteiger partial charge in [0.25, 0.3) is 0 Å². The summed E-state index contributed by atoms with van der Waals surface area (Å²) >= 11 is -0.556. The molecule has 0 spiro atoms. The molecule has 26 heavy (non-hydrogen) atoms. The van der Waals surface area contributed by atoms with Gasteiger partial charge in [0, 0.05) is 0 Å². The average Bonchev–Trinajstić information content (AvgIpc) is 2.49. The van der Waals surface area contributed by atoms with E-state index in [1.807, 2.05) is 0 Å². The van der Waals surface area contributed by atoms with E-state index in [0.29, 0.717) is 12.1 Å². The predicted molar refractivity (Wildman–Crippen MR) is 121 cm³/mol. The van der Waals surface area contributed by atoms with Crippen LogP contribution in [0.2, 0.25) is 39.3 Å². The first kappa shape index (κ1) is 25.7. The number of halogens is 2. The average molecular weight is 471 g/mol. The minimum atomic E-state index is -1.30. The molecule has 154 valence electrons. The van der Waals surface area contributed by atoms with Crippen LogP contribution in [0.1, 0.15) is 57.8 Å². The van der Waals surface area contributed by atoms with Crippen molar-refractivity contribution in [2.24, 2.45) is 11.8 Å². The second-order valence-electron chi connectivity index (χ2n) is 10.1. The molecular weight excluding hydrogens is 431 g/mol. The molecule has 2 aliphatic carbocycles. The summed E-state index contributed by atoms with van der Waals surface area (Å²) in [5, 5.41) is 0. The van der Waals surface area contributed by atoms with Crippen molar-refractivity contribution in [3.05, 3.63) is 9.96 Å². The Balaban J connectivity index is 0.00000105. The van der Waals surface area contributed by atoms with E-state index in [-0.39, 0.29) is 0 Å². The van der Waals surface area contributed by atoms with Gasteiger partial charge in [0.15, 0.2) is 0 Å². The third-order valence-corrected chi connectivity index (χ3v) is 7.66. The van der Waals surface area contributed by atoms with Crippen molar-refractivity contribution in [1.29, 1.82) is 0 Å². The maximum atomic E-state index is 5.33. The molecule has 2 rings (SSSR count). The molecule has 4 atom stereocenters. The van der Waals surface area contributed by atoms with E-state index in [4.69, 9.17) is 28.6 Å². The molecule has 0 amide bonds. The Morgan fingerprint density at radius 1 is 0.692 bits per heavy atom. The molecule has 0 heterocycles. The molecule has 0 bridgehead atoms. The second kappa shape index (κ2) is 12.4. The van der Waals surface area contributed by atoms with Gasteiger partial charge in [0.05, 0.1) is 0 Å². The van der Waals surface area contributed by atoms with E-state index < -0.39 is 33.5 Å². The van der Waals surface area contributed by atoms with Crippen molar-refractivity contribution in [3.8, 4) is 0 Å². The van der Waals surface area contributed by atoms with E-state index in [9.17, 15) is 0 Å². The normalized spacial score (nSPS) is 30.3. The van der Waals surface area contributed by atoms with E-state index in [0.717, 1.165) is 11.8 Å². The Morgan fingerprint density at radius 2 is 1.00 bits per heavy atom. The topological polar surface area (TPSA) is 28.2 Å². The third-order valence-electron chi connectivity index (χ3n) is 5.45. The Bertz CT molecular complexity index is 355. The van der Waals surface area contributed by atoms with Gasteiger partial charge in [-0.3, -0.25) is 0 Å². The molecule has 0 aliphatic heterocycles. The predicted octanol–water partition coefficient (Wildman–Crippen LogP) is 8.29. The van der Waals surface area contributed by atoms with E-state index >= 15 is 0 Å². The molecule has 7 heteroatoms. The van der Waals surface area contributed by atoms with E-state index in [1.54, 1.807) is 0 Å². The van der Waals surface area contributed by atoms with Gasteiger partial charge in [-0.1, -0.05) is 125 Å². The number of hydrogen-bond donors (Lipinski definition) is 0. The summed E-state index contributed by atoms with van der Waals surface area (Å²) in [6.45, 7) is 14.4. The standard InChI is InChI=1S/C19H40N2Si2.2ClH.Ti/c1-22(2,3)20-18-13-9-7-11-16(18)15-17-12-8-10-14-19(17)21-23(4,5)6;;;/h16-19H,7-15H2,1-6H3;2*1H;/q-2;;;+2/p-2. The van der Waals surface area contributed by atoms with Crippen LogP contribution in [0.4, 0.5) is 0 Å². The van der Waals surface area contributed by atoms with Crippen molar-refractivity contribution in [2.75, 3.05) is 0 Å². The molecular formula is C19H40Cl2N2Si2Ti-2. The molecule has 0 aromatic heterocycles. The van der Waals surface area contributed by atoms with Gasteiger partial charge in [-0.05, 0) is 0 Å². The molecule has 0 aromatic carbocycles. The molecule has 0 N–H and O–H groups in total. The van der Waals surface area contributed by atoms with Crippen molar-refractivity contribution >= 4 is 35.1 Å². The molecule has 0 aromatic rings. The summed E-state index contributed by atoms with van der Waals surface area (Å²) < 4.78 is 0. The van der Waals surface area contributed by atoms with Crippen molar-refractivity contribution in [3.63, 3.8) is 0 Å². The maximum absolute atomic E-state index is 5.33. The van der Waals surface area contributed by atoms with Crippen molar-refractivity contribution in [2.45, 2.75) is 109 Å². The fourth-order valence-corrected chi connectivity index (χ4v) is 7.32. The monoisotopic (exact) mass is 470 g/mol. The zero-order chi connectivity index (χ0) is 19.8. The number of rotatable bonds is 6. The van der Waals surface area contributed by atoms with Gasteiger partial charge in [0.2, 0.25) is 0 Å². The van der Waals surface area contributed by atoms with Crippen LogP contribution < -0.4 is 0 Å². The summed E-state index contributed by atoms with van der Waals surface area (Å²) in [4.78, 5) is 10.7. The van der Waals surface area contributed by atoms with Gasteiger partial charge < -0.3 is 9.96 Å². The molecule has 2 nitrogen and oxygen atoms in total. The SMILES string of the molecule is C[Si](C)(C)[N-]C1CCCCC1CC1CCCCC1[N-][Si](C)(C)C.[Cl][Ti][Cl]. The van der Waals surface area contributed by atoms with Crippen molar-refractivity contribution in [1.82, 2.24) is 0 Å². The first-order valence-electron chi connectivity index (χ1n) is 10.5. The van der Waals surface area contributed by atoms with Crippen LogP contribution in [0.5, 0.6) is 0 Å². The van der Waals surface area contributed by atoms with Crippen LogP contribution >= 0.6 is 18.6 Å². The van der Waals surface area contributed by atoms with Gasteiger partial charge in [-0.15, -0.1) is 12.1 Å². The molecule has 2 saturated carbocycles. The fourth-order valence-electron chi connectivity index (χ4n) is 4.65. The number of hydrogen-bond acceptors (Lipinski definition) is 0. The van der Waals surface area contributed by atoms with Gasteiger partial charge >= 0.3 is 35.6 Å². The molecule has 4 unspecified atom stereocenters. The first-order valence-corrected chi connectivity index (χ1v) is 21.6. The third kappa shape index (κ3) is 11.0. The Labute approximate surface area is 182 Å². The van der Waals surface area contributed by atoms with Crippen LogP contribution in [0.25, 0.3) is 9.96 Å². The fraction of sp³-hybridized carbons (Fsp3) is 1.00. The van der Waals surface area contributed by atoms with E-state index in [1.165, 1.54) is 57.8 Å². The zero-order valence-corrected chi connectivity index (χ0v) is 22.9. The number of nitrogens with zero attached hydrogens (tertiary/aromatic N) is 2. The van der Waals surface area contributed by atoms with Crippen LogP contribution in [0, 0.1) is 11.8 Å². The van der Waals surface area contributed by atoms with Crippen LogP contribution in [0.3, 0.4) is 0 Å². The summed E-state index contributed by atoms with van der Waals surface area (Å²) in [5.41, 5.74) is 0. The summed E-state index contributed by atoms with van der Waals surface area (Å²) in [7, 11) is 7.18. The molecule has 2 aliphatic rings. The van der Waals surface area contributed by atoms with Crippen molar-refractivity contribution < 1.29 is 17.0 Å².